The molecule has 27 heavy (non-hydrogen) atoms. The van der Waals surface area contributed by atoms with Gasteiger partial charge in [0.25, 0.3) is 0 Å². The molecule has 2 aromatic carbocycles. The van der Waals surface area contributed by atoms with Crippen LogP contribution in [-0.2, 0) is 6.54 Å². The van der Waals surface area contributed by atoms with Gasteiger partial charge in [0, 0.05) is 36.8 Å². The Morgan fingerprint density at radius 3 is 2.41 bits per heavy atom. The minimum Gasteiger partial charge on any atom is -0.356 e. The summed E-state index contributed by atoms with van der Waals surface area (Å²) in [5, 5.41) is 3.20. The highest BCUT2D eigenvalue weighted by molar-refractivity contribution is 5.64. The maximum Gasteiger partial charge on any atom is 0.225 e. The number of anilines is 2. The SMILES string of the molecule is Fc1ccccc1CNc1nc(-c2ccccc2)cc(N2CCCCC2)n1. The number of hydrogen-bond acceptors (Lipinski definition) is 4. The molecular weight excluding hydrogens is 339 g/mol. The quantitative estimate of drug-likeness (QED) is 0.702. The lowest BCUT2D eigenvalue weighted by Crippen LogP contribution is -2.30. The lowest BCUT2D eigenvalue weighted by atomic mass is 10.1. The van der Waals surface area contributed by atoms with Crippen molar-refractivity contribution >= 4 is 11.8 Å². The third-order valence-corrected chi connectivity index (χ3v) is 4.86. The first kappa shape index (κ1) is 17.5. The van der Waals surface area contributed by atoms with E-state index in [1.165, 1.54) is 25.3 Å². The number of aromatic nitrogens is 2. The monoisotopic (exact) mass is 362 g/mol. The summed E-state index contributed by atoms with van der Waals surface area (Å²) in [7, 11) is 0. The maximum atomic E-state index is 13.9. The van der Waals surface area contributed by atoms with E-state index in [0.717, 1.165) is 30.2 Å². The smallest absolute Gasteiger partial charge is 0.225 e. The minimum absolute atomic E-state index is 0.222. The molecule has 0 bridgehead atoms. The minimum atomic E-state index is -0.222. The van der Waals surface area contributed by atoms with Crippen LogP contribution in [0.3, 0.4) is 0 Å². The van der Waals surface area contributed by atoms with E-state index in [0.29, 0.717) is 18.1 Å². The Labute approximate surface area is 159 Å². The Bertz CT molecular complexity index is 892. The zero-order valence-corrected chi connectivity index (χ0v) is 15.2. The third kappa shape index (κ3) is 4.25. The predicted octanol–water partition coefficient (Wildman–Crippen LogP) is 4.89. The summed E-state index contributed by atoms with van der Waals surface area (Å²) in [6.07, 6.45) is 3.64. The van der Waals surface area contributed by atoms with Crippen molar-refractivity contribution < 1.29 is 4.39 Å². The van der Waals surface area contributed by atoms with Crippen molar-refractivity contribution in [2.75, 3.05) is 23.3 Å². The van der Waals surface area contributed by atoms with Gasteiger partial charge in [-0.25, -0.2) is 9.37 Å². The van der Waals surface area contributed by atoms with Crippen molar-refractivity contribution in [1.29, 1.82) is 0 Å². The van der Waals surface area contributed by atoms with Gasteiger partial charge in [0.2, 0.25) is 5.95 Å². The first-order valence-corrected chi connectivity index (χ1v) is 9.46. The molecule has 1 aromatic heterocycles. The van der Waals surface area contributed by atoms with Crippen molar-refractivity contribution in [1.82, 2.24) is 9.97 Å². The number of rotatable bonds is 5. The number of nitrogens with one attached hydrogen (secondary N) is 1. The number of halogens is 1. The van der Waals surface area contributed by atoms with Crippen LogP contribution in [0.25, 0.3) is 11.3 Å². The average molecular weight is 362 g/mol. The summed E-state index contributed by atoms with van der Waals surface area (Å²) in [6.45, 7) is 2.38. The summed E-state index contributed by atoms with van der Waals surface area (Å²) in [4.78, 5) is 11.7. The zero-order valence-electron chi connectivity index (χ0n) is 15.2. The van der Waals surface area contributed by atoms with Crippen molar-refractivity contribution in [2.45, 2.75) is 25.8 Å². The largest absolute Gasteiger partial charge is 0.356 e. The van der Waals surface area contributed by atoms with E-state index >= 15 is 0 Å². The Kier molecular flexibility index (Phi) is 5.28. The molecule has 2 heterocycles. The van der Waals surface area contributed by atoms with E-state index in [1.54, 1.807) is 12.1 Å². The molecule has 4 nitrogen and oxygen atoms in total. The van der Waals surface area contributed by atoms with Crippen molar-refractivity contribution in [3.05, 3.63) is 72.0 Å². The highest BCUT2D eigenvalue weighted by Crippen LogP contribution is 2.25. The van der Waals surface area contributed by atoms with Crippen LogP contribution in [0.15, 0.2) is 60.7 Å². The van der Waals surface area contributed by atoms with Gasteiger partial charge in [0.05, 0.1) is 5.69 Å². The van der Waals surface area contributed by atoms with E-state index in [2.05, 4.69) is 21.3 Å². The molecule has 1 N–H and O–H groups in total. The second kappa shape index (κ2) is 8.16. The molecule has 4 rings (SSSR count). The zero-order chi connectivity index (χ0) is 18.5. The molecule has 0 spiro atoms. The Hall–Kier alpha value is -2.95. The van der Waals surface area contributed by atoms with E-state index in [4.69, 9.17) is 4.98 Å². The van der Waals surface area contributed by atoms with Gasteiger partial charge in [-0.05, 0) is 25.3 Å². The Morgan fingerprint density at radius 1 is 0.889 bits per heavy atom. The van der Waals surface area contributed by atoms with Crippen LogP contribution in [0.1, 0.15) is 24.8 Å². The van der Waals surface area contributed by atoms with Crippen molar-refractivity contribution in [2.24, 2.45) is 0 Å². The summed E-state index contributed by atoms with van der Waals surface area (Å²) >= 11 is 0. The Morgan fingerprint density at radius 2 is 1.63 bits per heavy atom. The molecule has 0 saturated carbocycles. The molecule has 5 heteroatoms. The van der Waals surface area contributed by atoms with Gasteiger partial charge in [-0.3, -0.25) is 0 Å². The highest BCUT2D eigenvalue weighted by Gasteiger charge is 2.15. The van der Waals surface area contributed by atoms with Crippen LogP contribution in [-0.4, -0.2) is 23.1 Å². The highest BCUT2D eigenvalue weighted by atomic mass is 19.1. The van der Waals surface area contributed by atoms with Gasteiger partial charge in [-0.15, -0.1) is 0 Å². The third-order valence-electron chi connectivity index (χ3n) is 4.86. The van der Waals surface area contributed by atoms with Crippen LogP contribution < -0.4 is 10.2 Å². The van der Waals surface area contributed by atoms with Crippen molar-refractivity contribution in [3.63, 3.8) is 0 Å². The molecule has 0 atom stereocenters. The first-order valence-electron chi connectivity index (χ1n) is 9.46. The molecule has 0 aliphatic carbocycles. The van der Waals surface area contributed by atoms with Gasteiger partial charge in [-0.2, -0.15) is 4.98 Å². The van der Waals surface area contributed by atoms with Gasteiger partial charge < -0.3 is 10.2 Å². The van der Waals surface area contributed by atoms with Crippen molar-refractivity contribution in [3.8, 4) is 11.3 Å². The van der Waals surface area contributed by atoms with E-state index < -0.39 is 0 Å². The van der Waals surface area contributed by atoms with Crippen LogP contribution in [0.4, 0.5) is 16.2 Å². The topological polar surface area (TPSA) is 41.1 Å². The van der Waals surface area contributed by atoms with Crippen LogP contribution in [0.2, 0.25) is 0 Å². The second-order valence-corrected chi connectivity index (χ2v) is 6.79. The Balaban J connectivity index is 1.64. The summed E-state index contributed by atoms with van der Waals surface area (Å²) < 4.78 is 13.9. The fourth-order valence-electron chi connectivity index (χ4n) is 3.37. The van der Waals surface area contributed by atoms with E-state index in [1.807, 2.05) is 36.4 Å². The average Bonchev–Trinajstić information content (AvgIpc) is 2.74. The fraction of sp³-hybridized carbons (Fsp3) is 0.273. The molecular formula is C22H23FN4. The molecule has 1 aliphatic heterocycles. The molecule has 1 saturated heterocycles. The fourth-order valence-corrected chi connectivity index (χ4v) is 3.37. The number of benzene rings is 2. The normalized spacial score (nSPS) is 14.2. The molecule has 0 unspecified atom stereocenters. The van der Waals surface area contributed by atoms with Gasteiger partial charge in [-0.1, -0.05) is 48.5 Å². The summed E-state index contributed by atoms with van der Waals surface area (Å²) in [6, 6.07) is 18.9. The molecule has 0 radical (unpaired) electrons. The summed E-state index contributed by atoms with van der Waals surface area (Å²) in [5.41, 5.74) is 2.53. The van der Waals surface area contributed by atoms with Gasteiger partial charge in [0.15, 0.2) is 0 Å². The molecule has 138 valence electrons. The van der Waals surface area contributed by atoms with E-state index in [-0.39, 0.29) is 5.82 Å². The van der Waals surface area contributed by atoms with Gasteiger partial charge in [0.1, 0.15) is 11.6 Å². The standard InChI is InChI=1S/C22H23FN4/c23-19-12-6-5-11-18(19)16-24-22-25-20(17-9-3-1-4-10-17)15-21(26-22)27-13-7-2-8-14-27/h1,3-6,9-12,15H,2,7-8,13-14,16H2,(H,24,25,26). The first-order chi connectivity index (χ1) is 13.3. The summed E-state index contributed by atoms with van der Waals surface area (Å²) in [5.74, 6) is 1.24. The number of hydrogen-bond donors (Lipinski definition) is 1. The van der Waals surface area contributed by atoms with Crippen LogP contribution in [0, 0.1) is 5.82 Å². The molecule has 3 aromatic rings. The van der Waals surface area contributed by atoms with E-state index in [9.17, 15) is 4.39 Å². The lowest BCUT2D eigenvalue weighted by Gasteiger charge is -2.28. The second-order valence-electron chi connectivity index (χ2n) is 6.79. The van der Waals surface area contributed by atoms with Crippen LogP contribution >= 0.6 is 0 Å². The number of piperidine rings is 1. The molecule has 1 fully saturated rings. The van der Waals surface area contributed by atoms with Crippen LogP contribution in [0.5, 0.6) is 0 Å². The lowest BCUT2D eigenvalue weighted by molar-refractivity contribution is 0.573. The molecule has 1 aliphatic rings. The molecule has 0 amide bonds. The maximum absolute atomic E-state index is 13.9. The predicted molar refractivity (Wildman–Crippen MR) is 107 cm³/mol. The van der Waals surface area contributed by atoms with Gasteiger partial charge >= 0.3 is 0 Å². The number of nitrogens with zero attached hydrogens (tertiary/aromatic N) is 3.